The first kappa shape index (κ1) is 12.2. The van der Waals surface area contributed by atoms with Gasteiger partial charge in [-0.25, -0.2) is 0 Å². The minimum atomic E-state index is -0.233. The second-order valence-electron chi connectivity index (χ2n) is 4.90. The zero-order chi connectivity index (χ0) is 13.1. The SMILES string of the molecule is O=C(NCCc1c[nH]c2ccccc12)[C@H]1CCCO1. The summed E-state index contributed by atoms with van der Waals surface area (Å²) in [6.07, 6.45) is 4.45. The van der Waals surface area contributed by atoms with Crippen LogP contribution in [-0.2, 0) is 16.0 Å². The van der Waals surface area contributed by atoms with Crippen molar-refractivity contribution >= 4 is 16.8 Å². The number of nitrogens with one attached hydrogen (secondary N) is 2. The fraction of sp³-hybridized carbons (Fsp3) is 0.400. The Hall–Kier alpha value is -1.81. The van der Waals surface area contributed by atoms with E-state index in [1.165, 1.54) is 10.9 Å². The molecule has 1 amide bonds. The largest absolute Gasteiger partial charge is 0.368 e. The van der Waals surface area contributed by atoms with Gasteiger partial charge in [-0.15, -0.1) is 0 Å². The predicted molar refractivity (Wildman–Crippen MR) is 74.0 cm³/mol. The van der Waals surface area contributed by atoms with Crippen molar-refractivity contribution < 1.29 is 9.53 Å². The van der Waals surface area contributed by atoms with Crippen molar-refractivity contribution in [1.82, 2.24) is 10.3 Å². The van der Waals surface area contributed by atoms with Crippen LogP contribution >= 0.6 is 0 Å². The van der Waals surface area contributed by atoms with Crippen LogP contribution in [-0.4, -0.2) is 30.1 Å². The molecule has 2 N–H and O–H groups in total. The van der Waals surface area contributed by atoms with Gasteiger partial charge in [0.15, 0.2) is 0 Å². The van der Waals surface area contributed by atoms with E-state index in [1.54, 1.807) is 0 Å². The second kappa shape index (κ2) is 5.45. The normalized spacial score (nSPS) is 18.8. The molecular formula is C15H18N2O2. The quantitative estimate of drug-likeness (QED) is 0.881. The summed E-state index contributed by atoms with van der Waals surface area (Å²) in [4.78, 5) is 15.0. The number of aromatic amines is 1. The summed E-state index contributed by atoms with van der Waals surface area (Å²) in [7, 11) is 0. The number of carbonyl (C=O) groups is 1. The molecule has 1 aromatic carbocycles. The smallest absolute Gasteiger partial charge is 0.249 e. The Morgan fingerprint density at radius 3 is 3.16 bits per heavy atom. The third kappa shape index (κ3) is 2.63. The van der Waals surface area contributed by atoms with E-state index in [1.807, 2.05) is 18.3 Å². The van der Waals surface area contributed by atoms with E-state index in [-0.39, 0.29) is 12.0 Å². The molecule has 1 aromatic heterocycles. The molecule has 3 rings (SSSR count). The van der Waals surface area contributed by atoms with Gasteiger partial charge in [-0.2, -0.15) is 0 Å². The van der Waals surface area contributed by atoms with Gasteiger partial charge in [0.25, 0.3) is 0 Å². The zero-order valence-corrected chi connectivity index (χ0v) is 10.8. The Balaban J connectivity index is 1.56. The average Bonchev–Trinajstić information content (AvgIpc) is 3.08. The molecule has 0 bridgehead atoms. The lowest BCUT2D eigenvalue weighted by Gasteiger charge is -2.09. The average molecular weight is 258 g/mol. The first-order valence-electron chi connectivity index (χ1n) is 6.79. The fourth-order valence-corrected chi connectivity index (χ4v) is 2.56. The summed E-state index contributed by atoms with van der Waals surface area (Å²) in [6, 6.07) is 8.21. The van der Waals surface area contributed by atoms with Gasteiger partial charge in [0.05, 0.1) is 0 Å². The van der Waals surface area contributed by atoms with Crippen LogP contribution in [0, 0.1) is 0 Å². The van der Waals surface area contributed by atoms with E-state index >= 15 is 0 Å². The molecule has 100 valence electrons. The van der Waals surface area contributed by atoms with E-state index in [0.717, 1.165) is 24.8 Å². The highest BCUT2D eigenvalue weighted by atomic mass is 16.5. The Labute approximate surface area is 112 Å². The van der Waals surface area contributed by atoms with Crippen LogP contribution < -0.4 is 5.32 Å². The fourth-order valence-electron chi connectivity index (χ4n) is 2.56. The monoisotopic (exact) mass is 258 g/mol. The number of fused-ring (bicyclic) bond motifs is 1. The molecule has 1 saturated heterocycles. The molecule has 2 aromatic rings. The number of hydrogen-bond donors (Lipinski definition) is 2. The van der Waals surface area contributed by atoms with Crippen molar-refractivity contribution in [3.63, 3.8) is 0 Å². The lowest BCUT2D eigenvalue weighted by atomic mass is 10.1. The molecule has 0 radical (unpaired) electrons. The maximum Gasteiger partial charge on any atom is 0.249 e. The highest BCUT2D eigenvalue weighted by Gasteiger charge is 2.22. The number of aromatic nitrogens is 1. The van der Waals surface area contributed by atoms with Crippen molar-refractivity contribution in [3.8, 4) is 0 Å². The van der Waals surface area contributed by atoms with Gasteiger partial charge in [-0.3, -0.25) is 4.79 Å². The van der Waals surface area contributed by atoms with Gasteiger partial charge in [-0.05, 0) is 30.9 Å². The molecule has 4 heteroatoms. The van der Waals surface area contributed by atoms with Crippen LogP contribution in [0.4, 0.5) is 0 Å². The summed E-state index contributed by atoms with van der Waals surface area (Å²) >= 11 is 0. The first-order valence-corrected chi connectivity index (χ1v) is 6.79. The van der Waals surface area contributed by atoms with E-state index in [4.69, 9.17) is 4.74 Å². The number of H-pyrrole nitrogens is 1. The van der Waals surface area contributed by atoms with E-state index in [0.29, 0.717) is 13.2 Å². The van der Waals surface area contributed by atoms with Crippen LogP contribution in [0.5, 0.6) is 0 Å². The van der Waals surface area contributed by atoms with E-state index in [9.17, 15) is 4.79 Å². The number of rotatable bonds is 4. The number of benzene rings is 1. The van der Waals surface area contributed by atoms with E-state index < -0.39 is 0 Å². The molecule has 0 unspecified atom stereocenters. The minimum Gasteiger partial charge on any atom is -0.368 e. The third-order valence-electron chi connectivity index (χ3n) is 3.59. The maximum atomic E-state index is 11.8. The molecule has 4 nitrogen and oxygen atoms in total. The molecule has 0 aliphatic carbocycles. The molecule has 1 aliphatic heterocycles. The lowest BCUT2D eigenvalue weighted by molar-refractivity contribution is -0.129. The molecule has 0 spiro atoms. The van der Waals surface area contributed by atoms with Crippen molar-refractivity contribution in [1.29, 1.82) is 0 Å². The highest BCUT2D eigenvalue weighted by Crippen LogP contribution is 2.17. The Morgan fingerprint density at radius 1 is 1.42 bits per heavy atom. The van der Waals surface area contributed by atoms with Crippen LogP contribution in [0.15, 0.2) is 30.5 Å². The summed E-state index contributed by atoms with van der Waals surface area (Å²) < 4.78 is 5.35. The summed E-state index contributed by atoms with van der Waals surface area (Å²) in [5.41, 5.74) is 2.38. The highest BCUT2D eigenvalue weighted by molar-refractivity contribution is 5.83. The zero-order valence-electron chi connectivity index (χ0n) is 10.8. The maximum absolute atomic E-state index is 11.8. The van der Waals surface area contributed by atoms with Gasteiger partial charge < -0.3 is 15.0 Å². The van der Waals surface area contributed by atoms with Gasteiger partial charge in [0.2, 0.25) is 5.91 Å². The number of para-hydroxylation sites is 1. The summed E-state index contributed by atoms with van der Waals surface area (Å²) in [6.45, 7) is 1.36. The predicted octanol–water partition coefficient (Wildman–Crippen LogP) is 2.01. The van der Waals surface area contributed by atoms with Gasteiger partial charge in [-0.1, -0.05) is 18.2 Å². The van der Waals surface area contributed by atoms with Gasteiger partial charge in [0.1, 0.15) is 6.10 Å². The Kier molecular flexibility index (Phi) is 3.51. The molecule has 1 atom stereocenters. The van der Waals surface area contributed by atoms with Crippen LogP contribution in [0.3, 0.4) is 0 Å². The van der Waals surface area contributed by atoms with Crippen molar-refractivity contribution in [2.24, 2.45) is 0 Å². The lowest BCUT2D eigenvalue weighted by Crippen LogP contribution is -2.35. The van der Waals surface area contributed by atoms with Crippen LogP contribution in [0.25, 0.3) is 10.9 Å². The number of hydrogen-bond acceptors (Lipinski definition) is 2. The molecule has 2 heterocycles. The van der Waals surface area contributed by atoms with Crippen LogP contribution in [0.2, 0.25) is 0 Å². The number of amides is 1. The number of ether oxygens (including phenoxy) is 1. The Bertz CT molecular complexity index is 570. The van der Waals surface area contributed by atoms with Crippen molar-refractivity contribution in [2.45, 2.75) is 25.4 Å². The Morgan fingerprint density at radius 2 is 2.32 bits per heavy atom. The molecular weight excluding hydrogens is 240 g/mol. The summed E-state index contributed by atoms with van der Waals surface area (Å²) in [5, 5.41) is 4.18. The molecule has 1 aliphatic rings. The summed E-state index contributed by atoms with van der Waals surface area (Å²) in [5.74, 6) is 0.0253. The van der Waals surface area contributed by atoms with Gasteiger partial charge in [0, 0.05) is 30.3 Å². The molecule has 19 heavy (non-hydrogen) atoms. The third-order valence-corrected chi connectivity index (χ3v) is 3.59. The van der Waals surface area contributed by atoms with Crippen LogP contribution in [0.1, 0.15) is 18.4 Å². The minimum absolute atomic E-state index is 0.0253. The number of carbonyl (C=O) groups excluding carboxylic acids is 1. The molecule has 0 saturated carbocycles. The first-order chi connectivity index (χ1) is 9.34. The standard InChI is InChI=1S/C15H18N2O2/c18-15(14-6-3-9-19-14)16-8-7-11-10-17-13-5-2-1-4-12(11)13/h1-2,4-5,10,14,17H,3,6-9H2,(H,16,18)/t14-/m1/s1. The van der Waals surface area contributed by atoms with Gasteiger partial charge >= 0.3 is 0 Å². The second-order valence-corrected chi connectivity index (χ2v) is 4.90. The van der Waals surface area contributed by atoms with Crippen molar-refractivity contribution in [2.75, 3.05) is 13.2 Å². The van der Waals surface area contributed by atoms with E-state index in [2.05, 4.69) is 22.4 Å². The van der Waals surface area contributed by atoms with Crippen molar-refractivity contribution in [3.05, 3.63) is 36.0 Å². The topological polar surface area (TPSA) is 54.1 Å². The molecule has 1 fully saturated rings.